The molecule has 0 atom stereocenters. The van der Waals surface area contributed by atoms with Crippen molar-refractivity contribution in [2.75, 3.05) is 0 Å². The third kappa shape index (κ3) is 11.7. The number of hydrogen-bond acceptors (Lipinski definition) is 0. The van der Waals surface area contributed by atoms with Crippen molar-refractivity contribution in [3.05, 3.63) is 18.7 Å². The van der Waals surface area contributed by atoms with Gasteiger partial charge in [-0.25, -0.2) is 9.13 Å². The Kier molecular flexibility index (Phi) is 13.9. The topological polar surface area (TPSA) is 8.81 Å². The monoisotopic (exact) mass is 335 g/mol. The molecule has 1 aromatic rings. The van der Waals surface area contributed by atoms with E-state index in [2.05, 4.69) is 41.7 Å². The Hall–Kier alpha value is -0.790. The summed E-state index contributed by atoms with van der Waals surface area (Å²) in [5.74, 6) is 0. The Morgan fingerprint density at radius 1 is 0.625 bits per heavy atom. The summed E-state index contributed by atoms with van der Waals surface area (Å²) < 4.78 is 4.72. The zero-order valence-electron chi connectivity index (χ0n) is 16.6. The van der Waals surface area contributed by atoms with Crippen LogP contribution in [0.1, 0.15) is 110 Å². The molecule has 140 valence electrons. The zero-order valence-corrected chi connectivity index (χ0v) is 16.6. The van der Waals surface area contributed by atoms with Crippen LogP contribution in [0.2, 0.25) is 0 Å². The molecule has 0 aliphatic carbocycles. The number of unbranched alkanes of at least 4 members (excludes halogenated alkanes) is 13. The van der Waals surface area contributed by atoms with E-state index in [0.717, 1.165) is 0 Å². The van der Waals surface area contributed by atoms with Gasteiger partial charge in [0.15, 0.2) is 0 Å². The van der Waals surface area contributed by atoms with Crippen LogP contribution in [0.15, 0.2) is 18.7 Å². The van der Waals surface area contributed by atoms with Gasteiger partial charge >= 0.3 is 0 Å². The Morgan fingerprint density at radius 3 is 1.71 bits per heavy atom. The molecule has 0 bridgehead atoms. The first-order valence-corrected chi connectivity index (χ1v) is 10.9. The van der Waals surface area contributed by atoms with Gasteiger partial charge in [-0.1, -0.05) is 84.5 Å². The number of imidazole rings is 1. The minimum atomic E-state index is 1.19. The summed E-state index contributed by atoms with van der Waals surface area (Å²) in [6.07, 6.45) is 27.8. The molecule has 1 aromatic heterocycles. The van der Waals surface area contributed by atoms with Gasteiger partial charge in [0.05, 0.1) is 13.1 Å². The second kappa shape index (κ2) is 15.7. The van der Waals surface area contributed by atoms with Crippen molar-refractivity contribution in [2.45, 2.75) is 123 Å². The molecule has 0 saturated heterocycles. The molecule has 0 amide bonds. The fourth-order valence-electron chi connectivity index (χ4n) is 3.38. The summed E-state index contributed by atoms with van der Waals surface area (Å²) in [7, 11) is 0. The molecular weight excluding hydrogens is 292 g/mol. The lowest BCUT2D eigenvalue weighted by atomic mass is 10.1. The van der Waals surface area contributed by atoms with Crippen LogP contribution in [0, 0.1) is 0 Å². The Morgan fingerprint density at radius 2 is 1.12 bits per heavy atom. The zero-order chi connectivity index (χ0) is 17.3. The first-order valence-electron chi connectivity index (χ1n) is 10.9. The predicted octanol–water partition coefficient (Wildman–Crippen LogP) is 6.67. The molecule has 0 unspecified atom stereocenters. The number of aromatic nitrogens is 2. The normalized spacial score (nSPS) is 11.2. The van der Waals surface area contributed by atoms with E-state index >= 15 is 0 Å². The first kappa shape index (κ1) is 21.3. The fourth-order valence-corrected chi connectivity index (χ4v) is 3.38. The summed E-state index contributed by atoms with van der Waals surface area (Å²) >= 11 is 0. The second-order valence-electron chi connectivity index (χ2n) is 7.49. The molecular formula is C22H43N2+. The van der Waals surface area contributed by atoms with E-state index in [1.165, 1.54) is 109 Å². The minimum absolute atomic E-state index is 1.19. The van der Waals surface area contributed by atoms with E-state index in [0.29, 0.717) is 0 Å². The van der Waals surface area contributed by atoms with Gasteiger partial charge in [-0.3, -0.25) is 0 Å². The van der Waals surface area contributed by atoms with Crippen molar-refractivity contribution >= 4 is 0 Å². The molecule has 0 spiro atoms. The summed E-state index contributed by atoms with van der Waals surface area (Å²) in [4.78, 5) is 0. The van der Waals surface area contributed by atoms with Gasteiger partial charge in [-0.05, 0) is 25.7 Å². The van der Waals surface area contributed by atoms with E-state index in [4.69, 9.17) is 0 Å². The van der Waals surface area contributed by atoms with Crippen LogP contribution >= 0.6 is 0 Å². The summed E-state index contributed by atoms with van der Waals surface area (Å²) in [6, 6.07) is 0. The summed E-state index contributed by atoms with van der Waals surface area (Å²) in [5, 5.41) is 0. The quantitative estimate of drug-likeness (QED) is 0.222. The van der Waals surface area contributed by atoms with Gasteiger partial charge in [-0.2, -0.15) is 0 Å². The number of hydrogen-bond donors (Lipinski definition) is 0. The molecule has 0 aliphatic rings. The number of nitrogens with zero attached hydrogens (tertiary/aromatic N) is 2. The highest BCUT2D eigenvalue weighted by Gasteiger charge is 2.03. The van der Waals surface area contributed by atoms with Crippen LogP contribution in [0.4, 0.5) is 0 Å². The van der Waals surface area contributed by atoms with Gasteiger partial charge in [0, 0.05) is 0 Å². The van der Waals surface area contributed by atoms with Gasteiger partial charge in [0.25, 0.3) is 0 Å². The molecule has 0 N–H and O–H groups in total. The van der Waals surface area contributed by atoms with Crippen LogP contribution in [0.5, 0.6) is 0 Å². The maximum Gasteiger partial charge on any atom is 0.243 e. The molecule has 0 radical (unpaired) electrons. The molecule has 0 fully saturated rings. The summed E-state index contributed by atoms with van der Waals surface area (Å²) in [5.41, 5.74) is 0. The van der Waals surface area contributed by atoms with Crippen LogP contribution in [-0.4, -0.2) is 4.57 Å². The van der Waals surface area contributed by atoms with Gasteiger partial charge < -0.3 is 0 Å². The highest BCUT2D eigenvalue weighted by Crippen LogP contribution is 2.11. The molecule has 0 aromatic carbocycles. The lowest BCUT2D eigenvalue weighted by Gasteiger charge is -2.02. The lowest BCUT2D eigenvalue weighted by Crippen LogP contribution is -2.30. The smallest absolute Gasteiger partial charge is 0.237 e. The lowest BCUT2D eigenvalue weighted by molar-refractivity contribution is -0.696. The third-order valence-corrected chi connectivity index (χ3v) is 5.04. The van der Waals surface area contributed by atoms with Crippen LogP contribution < -0.4 is 4.57 Å². The Balaban J connectivity index is 1.90. The summed E-state index contributed by atoms with van der Waals surface area (Å²) in [6.45, 7) is 6.95. The van der Waals surface area contributed by atoms with Crippen LogP contribution in [-0.2, 0) is 13.1 Å². The highest BCUT2D eigenvalue weighted by atomic mass is 15.1. The maximum atomic E-state index is 2.37. The van der Waals surface area contributed by atoms with Crippen molar-refractivity contribution in [1.29, 1.82) is 0 Å². The van der Waals surface area contributed by atoms with Gasteiger partial charge in [-0.15, -0.1) is 0 Å². The molecule has 1 rings (SSSR count). The first-order chi connectivity index (χ1) is 11.9. The van der Waals surface area contributed by atoms with Crippen molar-refractivity contribution in [2.24, 2.45) is 0 Å². The highest BCUT2D eigenvalue weighted by molar-refractivity contribution is 4.66. The SMILES string of the molecule is CCCCCCCCCCCCC[n+]1ccn(CCCCCC)c1. The van der Waals surface area contributed by atoms with E-state index < -0.39 is 0 Å². The molecule has 0 saturated carbocycles. The minimum Gasteiger partial charge on any atom is -0.237 e. The second-order valence-corrected chi connectivity index (χ2v) is 7.49. The Labute approximate surface area is 151 Å². The Bertz CT molecular complexity index is 370. The fraction of sp³-hybridized carbons (Fsp3) is 0.864. The third-order valence-electron chi connectivity index (χ3n) is 5.04. The molecule has 2 heteroatoms. The van der Waals surface area contributed by atoms with E-state index in [1.807, 2.05) is 0 Å². The average molecular weight is 336 g/mol. The molecule has 1 heterocycles. The van der Waals surface area contributed by atoms with E-state index in [9.17, 15) is 0 Å². The average Bonchev–Trinajstić information content (AvgIpc) is 3.04. The van der Waals surface area contributed by atoms with Crippen molar-refractivity contribution in [3.63, 3.8) is 0 Å². The van der Waals surface area contributed by atoms with Gasteiger partial charge in [0.2, 0.25) is 6.33 Å². The molecule has 2 nitrogen and oxygen atoms in total. The van der Waals surface area contributed by atoms with E-state index in [-0.39, 0.29) is 0 Å². The maximum absolute atomic E-state index is 2.37. The van der Waals surface area contributed by atoms with E-state index in [1.54, 1.807) is 0 Å². The van der Waals surface area contributed by atoms with Crippen LogP contribution in [0.25, 0.3) is 0 Å². The van der Waals surface area contributed by atoms with Crippen molar-refractivity contribution in [3.8, 4) is 0 Å². The predicted molar refractivity (Wildman–Crippen MR) is 105 cm³/mol. The standard InChI is InChI=1S/C22H43N2/c1-3-5-7-9-10-11-12-13-14-15-17-19-24-21-20-23(22-24)18-16-8-6-4-2/h20-22H,3-19H2,1-2H3/q+1. The van der Waals surface area contributed by atoms with Gasteiger partial charge in [0.1, 0.15) is 12.4 Å². The number of rotatable bonds is 17. The van der Waals surface area contributed by atoms with Crippen molar-refractivity contribution in [1.82, 2.24) is 4.57 Å². The van der Waals surface area contributed by atoms with Crippen molar-refractivity contribution < 1.29 is 4.57 Å². The molecule has 0 aliphatic heterocycles. The molecule has 24 heavy (non-hydrogen) atoms. The largest absolute Gasteiger partial charge is 0.243 e. The van der Waals surface area contributed by atoms with Crippen LogP contribution in [0.3, 0.4) is 0 Å². The number of aryl methyl sites for hydroxylation is 2.